The number of carboxylic acids is 1. The molecule has 0 bridgehead atoms. The number of hydrogen-bond acceptors (Lipinski definition) is 6. The number of fused-ring (bicyclic) bond motifs is 3. The standard InChI is InChI=1S/C25H28N2O7/c1-33-22(23(29)27-13-15(28)12-21(27)24(30)31)10-11-26-25(32)34-14-20-18-8-4-2-6-16(18)17-7-3-5-9-19(17)20/h2-9,15,20-22,28H,10-14H2,1H3,(H,26,32)(H,30,31). The number of nitrogens with one attached hydrogen (secondary N) is 1. The van der Waals surface area contributed by atoms with Crippen LogP contribution < -0.4 is 5.32 Å². The predicted molar refractivity (Wildman–Crippen MR) is 122 cm³/mol. The molecule has 1 saturated heterocycles. The van der Waals surface area contributed by atoms with E-state index in [0.29, 0.717) is 0 Å². The van der Waals surface area contributed by atoms with Crippen molar-refractivity contribution in [2.24, 2.45) is 0 Å². The Kier molecular flexibility index (Phi) is 7.14. The number of rotatable bonds is 8. The van der Waals surface area contributed by atoms with Crippen molar-refractivity contribution in [3.63, 3.8) is 0 Å². The van der Waals surface area contributed by atoms with E-state index in [2.05, 4.69) is 17.4 Å². The van der Waals surface area contributed by atoms with E-state index in [1.54, 1.807) is 0 Å². The van der Waals surface area contributed by atoms with E-state index >= 15 is 0 Å². The lowest BCUT2D eigenvalue weighted by molar-refractivity contribution is -0.153. The Morgan fingerprint density at radius 3 is 2.29 bits per heavy atom. The van der Waals surface area contributed by atoms with Crippen LogP contribution in [0, 0.1) is 0 Å². The molecule has 0 aromatic heterocycles. The van der Waals surface area contributed by atoms with Gasteiger partial charge < -0.3 is 29.9 Å². The Hall–Kier alpha value is -3.43. The van der Waals surface area contributed by atoms with Crippen molar-refractivity contribution >= 4 is 18.0 Å². The molecule has 2 aromatic rings. The SMILES string of the molecule is COC(CCNC(=O)OCC1c2ccccc2-c2ccccc21)C(=O)N1CC(O)CC1C(=O)O. The lowest BCUT2D eigenvalue weighted by atomic mass is 9.98. The summed E-state index contributed by atoms with van der Waals surface area (Å²) in [4.78, 5) is 37.6. The first-order valence-electron chi connectivity index (χ1n) is 11.2. The molecule has 34 heavy (non-hydrogen) atoms. The monoisotopic (exact) mass is 468 g/mol. The first kappa shape index (κ1) is 23.7. The molecule has 2 amide bonds. The third-order valence-corrected chi connectivity index (χ3v) is 6.43. The lowest BCUT2D eigenvalue weighted by Crippen LogP contribution is -2.47. The molecule has 2 aliphatic rings. The number of ether oxygens (including phenoxy) is 2. The Labute approximate surface area is 197 Å². The minimum Gasteiger partial charge on any atom is -0.480 e. The van der Waals surface area contributed by atoms with Crippen LogP contribution in [-0.4, -0.2) is 78.1 Å². The lowest BCUT2D eigenvalue weighted by Gasteiger charge is -2.25. The highest BCUT2D eigenvalue weighted by atomic mass is 16.5. The number of likely N-dealkylation sites (tertiary alicyclic amines) is 1. The van der Waals surface area contributed by atoms with Crippen LogP contribution in [0.5, 0.6) is 0 Å². The quantitative estimate of drug-likeness (QED) is 0.541. The minimum absolute atomic E-state index is 0.0183. The van der Waals surface area contributed by atoms with Crippen molar-refractivity contribution in [1.82, 2.24) is 10.2 Å². The third-order valence-electron chi connectivity index (χ3n) is 6.43. The molecule has 9 nitrogen and oxygen atoms in total. The molecule has 3 unspecified atom stereocenters. The van der Waals surface area contributed by atoms with Gasteiger partial charge in [-0.3, -0.25) is 4.79 Å². The van der Waals surface area contributed by atoms with Crippen LogP contribution in [-0.2, 0) is 19.1 Å². The van der Waals surface area contributed by atoms with Gasteiger partial charge in [-0.05, 0) is 22.3 Å². The fourth-order valence-corrected chi connectivity index (χ4v) is 4.77. The van der Waals surface area contributed by atoms with Crippen molar-refractivity contribution < 1.29 is 34.1 Å². The zero-order valence-corrected chi connectivity index (χ0v) is 18.8. The Morgan fingerprint density at radius 1 is 1.09 bits per heavy atom. The molecule has 9 heteroatoms. The number of methoxy groups -OCH3 is 1. The minimum atomic E-state index is -1.17. The summed E-state index contributed by atoms with van der Waals surface area (Å²) < 4.78 is 10.7. The first-order chi connectivity index (χ1) is 16.4. The number of aliphatic hydroxyl groups is 1. The molecule has 0 saturated carbocycles. The highest BCUT2D eigenvalue weighted by molar-refractivity contribution is 5.87. The molecule has 180 valence electrons. The van der Waals surface area contributed by atoms with Crippen LogP contribution in [0.4, 0.5) is 4.79 Å². The van der Waals surface area contributed by atoms with Crippen molar-refractivity contribution in [2.45, 2.75) is 37.0 Å². The van der Waals surface area contributed by atoms with Gasteiger partial charge in [0.25, 0.3) is 5.91 Å². The zero-order chi connectivity index (χ0) is 24.2. The van der Waals surface area contributed by atoms with Gasteiger partial charge in [-0.1, -0.05) is 48.5 Å². The Bertz CT molecular complexity index is 1030. The molecule has 0 spiro atoms. The second-order valence-electron chi connectivity index (χ2n) is 8.50. The Balaban J connectivity index is 1.29. The van der Waals surface area contributed by atoms with Crippen LogP contribution in [0.1, 0.15) is 29.9 Å². The average molecular weight is 469 g/mol. The number of carboxylic acid groups (broad SMARTS) is 1. The maximum Gasteiger partial charge on any atom is 0.407 e. The van der Waals surface area contributed by atoms with Gasteiger partial charge in [-0.15, -0.1) is 0 Å². The summed E-state index contributed by atoms with van der Waals surface area (Å²) in [5.41, 5.74) is 4.50. The van der Waals surface area contributed by atoms with Gasteiger partial charge in [0.05, 0.1) is 6.10 Å². The largest absolute Gasteiger partial charge is 0.480 e. The summed E-state index contributed by atoms with van der Waals surface area (Å²) >= 11 is 0. The van der Waals surface area contributed by atoms with Crippen LogP contribution in [0.15, 0.2) is 48.5 Å². The number of amides is 2. The van der Waals surface area contributed by atoms with Gasteiger partial charge >= 0.3 is 12.1 Å². The Morgan fingerprint density at radius 2 is 1.71 bits per heavy atom. The van der Waals surface area contributed by atoms with Gasteiger partial charge in [0.1, 0.15) is 18.8 Å². The highest BCUT2D eigenvalue weighted by Crippen LogP contribution is 2.44. The molecule has 1 aliphatic heterocycles. The van der Waals surface area contributed by atoms with Gasteiger partial charge in [0.2, 0.25) is 0 Å². The predicted octanol–water partition coefficient (Wildman–Crippen LogP) is 1.98. The third kappa shape index (κ3) is 4.76. The van der Waals surface area contributed by atoms with Gasteiger partial charge in [-0.25, -0.2) is 9.59 Å². The molecular formula is C25H28N2O7. The second kappa shape index (κ2) is 10.2. The number of benzene rings is 2. The summed E-state index contributed by atoms with van der Waals surface area (Å²) in [5, 5.41) is 21.7. The van der Waals surface area contributed by atoms with Crippen LogP contribution >= 0.6 is 0 Å². The van der Waals surface area contributed by atoms with Crippen molar-refractivity contribution in [1.29, 1.82) is 0 Å². The second-order valence-corrected chi connectivity index (χ2v) is 8.50. The average Bonchev–Trinajstić information content (AvgIpc) is 3.38. The molecule has 1 fully saturated rings. The summed E-state index contributed by atoms with van der Waals surface area (Å²) in [7, 11) is 1.35. The molecule has 1 aliphatic carbocycles. The number of carbonyl (C=O) groups is 3. The molecule has 4 rings (SSSR count). The number of aliphatic hydroxyl groups excluding tert-OH is 1. The van der Waals surface area contributed by atoms with Crippen LogP contribution in [0.25, 0.3) is 11.1 Å². The number of alkyl carbamates (subject to hydrolysis) is 1. The van der Waals surface area contributed by atoms with E-state index in [4.69, 9.17) is 9.47 Å². The summed E-state index contributed by atoms with van der Waals surface area (Å²) in [5.74, 6) is -1.75. The van der Waals surface area contributed by atoms with E-state index < -0.39 is 36.2 Å². The van der Waals surface area contributed by atoms with E-state index in [9.17, 15) is 24.6 Å². The van der Waals surface area contributed by atoms with E-state index in [0.717, 1.165) is 27.2 Å². The van der Waals surface area contributed by atoms with Gasteiger partial charge in [-0.2, -0.15) is 0 Å². The fraction of sp³-hybridized carbons (Fsp3) is 0.400. The number of aliphatic carboxylic acids is 1. The van der Waals surface area contributed by atoms with Crippen LogP contribution in [0.2, 0.25) is 0 Å². The molecule has 2 aromatic carbocycles. The van der Waals surface area contributed by atoms with Crippen molar-refractivity contribution in [3.05, 3.63) is 59.7 Å². The maximum absolute atomic E-state index is 12.7. The van der Waals surface area contributed by atoms with Crippen molar-refractivity contribution in [2.75, 3.05) is 26.8 Å². The molecular weight excluding hydrogens is 440 g/mol. The number of carbonyl (C=O) groups excluding carboxylic acids is 2. The van der Waals surface area contributed by atoms with E-state index in [1.165, 1.54) is 7.11 Å². The van der Waals surface area contributed by atoms with Gasteiger partial charge in [0, 0.05) is 39.0 Å². The molecule has 3 atom stereocenters. The molecule has 0 radical (unpaired) electrons. The molecule has 3 N–H and O–H groups in total. The number of nitrogens with zero attached hydrogens (tertiary/aromatic N) is 1. The number of β-amino-alcohol motifs (C(OH)–C–C–N with tert-alkyl or cyclic N) is 1. The van der Waals surface area contributed by atoms with Crippen LogP contribution in [0.3, 0.4) is 0 Å². The zero-order valence-electron chi connectivity index (χ0n) is 18.8. The van der Waals surface area contributed by atoms with E-state index in [-0.39, 0.29) is 38.5 Å². The molecule has 1 heterocycles. The van der Waals surface area contributed by atoms with Gasteiger partial charge in [0.15, 0.2) is 0 Å². The maximum atomic E-state index is 12.7. The highest BCUT2D eigenvalue weighted by Gasteiger charge is 2.41. The summed E-state index contributed by atoms with van der Waals surface area (Å²) in [6, 6.07) is 15.0. The van der Waals surface area contributed by atoms with Crippen molar-refractivity contribution in [3.8, 4) is 11.1 Å². The topological polar surface area (TPSA) is 125 Å². The first-order valence-corrected chi connectivity index (χ1v) is 11.2. The fourth-order valence-electron chi connectivity index (χ4n) is 4.77. The number of hydrogen-bond donors (Lipinski definition) is 3. The normalized spacial score (nSPS) is 19.9. The van der Waals surface area contributed by atoms with E-state index in [1.807, 2.05) is 36.4 Å². The summed E-state index contributed by atoms with van der Waals surface area (Å²) in [6.07, 6.45) is -2.32. The summed E-state index contributed by atoms with van der Waals surface area (Å²) in [6.45, 7) is 0.225. The smallest absolute Gasteiger partial charge is 0.407 e.